The normalized spacial score (nSPS) is 22.3. The van der Waals surface area contributed by atoms with Gasteiger partial charge in [-0.1, -0.05) is 56.3 Å². The van der Waals surface area contributed by atoms with E-state index in [1.807, 2.05) is 48.9 Å². The number of likely N-dealkylation sites (tertiary alicyclic amines) is 1. The van der Waals surface area contributed by atoms with E-state index in [1.165, 1.54) is 5.56 Å². The molecule has 1 N–H and O–H groups in total. The van der Waals surface area contributed by atoms with Crippen molar-refractivity contribution in [1.82, 2.24) is 14.7 Å². The van der Waals surface area contributed by atoms with Crippen LogP contribution in [0.5, 0.6) is 0 Å². The zero-order valence-corrected chi connectivity index (χ0v) is 22.5. The van der Waals surface area contributed by atoms with Crippen LogP contribution in [0.2, 0.25) is 0 Å². The molecule has 7 heteroatoms. The number of carboxylic acid groups (broad SMARTS) is 1. The summed E-state index contributed by atoms with van der Waals surface area (Å²) in [4.78, 5) is 24.0. The third-order valence-corrected chi connectivity index (χ3v) is 7.50. The van der Waals surface area contributed by atoms with Gasteiger partial charge in [-0.05, 0) is 44.1 Å². The summed E-state index contributed by atoms with van der Waals surface area (Å²) in [5, 5.41) is 14.7. The van der Waals surface area contributed by atoms with Crippen LogP contribution in [0.1, 0.15) is 70.8 Å². The second kappa shape index (κ2) is 11.4. The molecule has 0 amide bonds. The average Bonchev–Trinajstić information content (AvgIpc) is 3.27. The van der Waals surface area contributed by atoms with E-state index in [0.29, 0.717) is 5.41 Å². The topological polar surface area (TPSA) is 83.1 Å². The lowest BCUT2D eigenvalue weighted by molar-refractivity contribution is -0.138. The van der Waals surface area contributed by atoms with Gasteiger partial charge in [0.25, 0.3) is 0 Å². The number of carboxylic acids is 1. The number of hydrogen-bond acceptors (Lipinski definition) is 5. The Morgan fingerprint density at radius 2 is 1.95 bits per heavy atom. The van der Waals surface area contributed by atoms with E-state index in [1.54, 1.807) is 0 Å². The average molecular weight is 502 g/mol. The fourth-order valence-corrected chi connectivity index (χ4v) is 5.19. The molecule has 1 aromatic heterocycles. The number of carbonyl (C=O) groups is 1. The van der Waals surface area contributed by atoms with E-state index in [2.05, 4.69) is 43.5 Å². The monoisotopic (exact) mass is 501 g/mol. The first-order valence-corrected chi connectivity index (χ1v) is 13.2. The largest absolute Gasteiger partial charge is 0.481 e. The summed E-state index contributed by atoms with van der Waals surface area (Å²) in [5.41, 5.74) is 4.89. The van der Waals surface area contributed by atoms with Gasteiger partial charge in [-0.25, -0.2) is 9.67 Å². The number of rotatable bonds is 9. The van der Waals surface area contributed by atoms with Gasteiger partial charge in [-0.2, -0.15) is 5.10 Å². The molecule has 196 valence electrons. The zero-order valence-electron chi connectivity index (χ0n) is 22.5. The standard InChI is InChI=1S/C30H39N5O2/c1-6-7-13-24(18-23-11-9-8-10-12-23)31-22(3)26-20-27-32-21(2)25(19-28(36)37)29(35(27)33-26)34-16-14-30(4,5)15-17-34/h6,8-13,20,25,29H,1,7,14-19H2,2-5H3,(H,36,37)/b24-13-,31-22+. The fourth-order valence-electron chi connectivity index (χ4n) is 5.19. The number of aromatic nitrogens is 2. The quantitative estimate of drug-likeness (QED) is 0.327. The number of aliphatic carboxylic acids is 1. The number of benzene rings is 1. The zero-order chi connectivity index (χ0) is 26.6. The summed E-state index contributed by atoms with van der Waals surface area (Å²) in [7, 11) is 0. The van der Waals surface area contributed by atoms with Gasteiger partial charge in [0.15, 0.2) is 5.82 Å². The van der Waals surface area contributed by atoms with Crippen LogP contribution in [0.4, 0.5) is 5.82 Å². The van der Waals surface area contributed by atoms with E-state index in [4.69, 9.17) is 15.1 Å². The maximum Gasteiger partial charge on any atom is 0.304 e. The third kappa shape index (κ3) is 6.52. The summed E-state index contributed by atoms with van der Waals surface area (Å²) < 4.78 is 1.94. The van der Waals surface area contributed by atoms with Gasteiger partial charge in [0, 0.05) is 42.9 Å². The Labute approximate surface area is 220 Å². The van der Waals surface area contributed by atoms with E-state index in [-0.39, 0.29) is 18.5 Å². The number of piperidine rings is 1. The number of nitrogens with zero attached hydrogens (tertiary/aromatic N) is 5. The number of allylic oxidation sites excluding steroid dienone is 3. The Morgan fingerprint density at radius 3 is 2.59 bits per heavy atom. The van der Waals surface area contributed by atoms with Crippen LogP contribution in [0.3, 0.4) is 0 Å². The molecule has 0 radical (unpaired) electrons. The molecule has 2 atom stereocenters. The molecule has 2 aliphatic rings. The lowest BCUT2D eigenvalue weighted by Crippen LogP contribution is -2.47. The van der Waals surface area contributed by atoms with Crippen LogP contribution in [-0.2, 0) is 11.2 Å². The van der Waals surface area contributed by atoms with E-state index >= 15 is 0 Å². The fraction of sp³-hybridized carbons (Fsp3) is 0.467. The first kappa shape index (κ1) is 26.7. The van der Waals surface area contributed by atoms with Crippen LogP contribution < -0.4 is 0 Å². The summed E-state index contributed by atoms with van der Waals surface area (Å²) in [6.45, 7) is 14.2. The second-order valence-electron chi connectivity index (χ2n) is 11.0. The predicted octanol–water partition coefficient (Wildman–Crippen LogP) is 6.21. The van der Waals surface area contributed by atoms with Crippen molar-refractivity contribution in [2.45, 2.75) is 66.0 Å². The Hall–Kier alpha value is -3.32. The Morgan fingerprint density at radius 1 is 1.24 bits per heavy atom. The van der Waals surface area contributed by atoms with Crippen LogP contribution in [-0.4, -0.2) is 50.3 Å². The van der Waals surface area contributed by atoms with Gasteiger partial charge in [0.05, 0.1) is 12.1 Å². The molecule has 0 saturated carbocycles. The van der Waals surface area contributed by atoms with Crippen molar-refractivity contribution in [2.24, 2.45) is 21.3 Å². The minimum Gasteiger partial charge on any atom is -0.481 e. The molecule has 4 rings (SSSR count). The molecule has 3 heterocycles. The Balaban J connectivity index is 1.67. The van der Waals surface area contributed by atoms with Crippen molar-refractivity contribution in [1.29, 1.82) is 0 Å². The number of fused-ring (bicyclic) bond motifs is 1. The molecule has 37 heavy (non-hydrogen) atoms. The molecule has 0 aliphatic carbocycles. The summed E-state index contributed by atoms with van der Waals surface area (Å²) in [6, 6.07) is 12.3. The SMILES string of the molecule is C=CC/C=C(Cc1ccccc1)\N=C(/C)c1cc2n(n1)C(N1CCC(C)(C)CC1)C(CC(=O)O)C(C)=N2. The number of aliphatic imine (C=N–C) groups is 2. The van der Waals surface area contributed by atoms with Crippen LogP contribution >= 0.6 is 0 Å². The molecular weight excluding hydrogens is 462 g/mol. The molecule has 7 nitrogen and oxygen atoms in total. The lowest BCUT2D eigenvalue weighted by atomic mass is 9.81. The maximum atomic E-state index is 11.8. The molecular formula is C30H39N5O2. The van der Waals surface area contributed by atoms with Crippen molar-refractivity contribution in [3.05, 3.63) is 72.1 Å². The molecule has 0 spiro atoms. The van der Waals surface area contributed by atoms with Gasteiger partial charge in [-0.15, -0.1) is 6.58 Å². The Bertz CT molecular complexity index is 1210. The summed E-state index contributed by atoms with van der Waals surface area (Å²) >= 11 is 0. The summed E-state index contributed by atoms with van der Waals surface area (Å²) in [6.07, 6.45) is 7.45. The summed E-state index contributed by atoms with van der Waals surface area (Å²) in [5.74, 6) is -0.274. The first-order valence-electron chi connectivity index (χ1n) is 13.2. The Kier molecular flexibility index (Phi) is 8.22. The minimum absolute atomic E-state index is 0.0348. The predicted molar refractivity (Wildman–Crippen MR) is 150 cm³/mol. The van der Waals surface area contributed by atoms with Crippen LogP contribution in [0.25, 0.3) is 0 Å². The van der Waals surface area contributed by atoms with E-state index in [0.717, 1.165) is 67.4 Å². The van der Waals surface area contributed by atoms with E-state index < -0.39 is 5.97 Å². The highest BCUT2D eigenvalue weighted by atomic mass is 16.4. The van der Waals surface area contributed by atoms with Crippen LogP contribution in [0, 0.1) is 11.3 Å². The second-order valence-corrected chi connectivity index (χ2v) is 11.0. The highest BCUT2D eigenvalue weighted by Crippen LogP contribution is 2.40. The molecule has 1 aromatic carbocycles. The molecule has 1 fully saturated rings. The molecule has 2 aliphatic heterocycles. The first-order chi connectivity index (χ1) is 17.7. The van der Waals surface area contributed by atoms with Crippen molar-refractivity contribution in [3.8, 4) is 0 Å². The van der Waals surface area contributed by atoms with Gasteiger partial charge < -0.3 is 5.11 Å². The van der Waals surface area contributed by atoms with Gasteiger partial charge in [0.2, 0.25) is 0 Å². The molecule has 2 unspecified atom stereocenters. The third-order valence-electron chi connectivity index (χ3n) is 7.50. The highest BCUT2D eigenvalue weighted by molar-refractivity contribution is 5.99. The van der Waals surface area contributed by atoms with E-state index in [9.17, 15) is 9.90 Å². The molecule has 2 aromatic rings. The number of hydrogen-bond donors (Lipinski definition) is 1. The van der Waals surface area contributed by atoms with Crippen molar-refractivity contribution >= 4 is 23.2 Å². The maximum absolute atomic E-state index is 11.8. The van der Waals surface area contributed by atoms with Crippen molar-refractivity contribution in [3.63, 3.8) is 0 Å². The molecule has 1 saturated heterocycles. The van der Waals surface area contributed by atoms with Gasteiger partial charge >= 0.3 is 5.97 Å². The van der Waals surface area contributed by atoms with Crippen LogP contribution in [0.15, 0.2) is 70.8 Å². The lowest BCUT2D eigenvalue weighted by Gasteiger charge is -2.44. The molecule has 0 bridgehead atoms. The van der Waals surface area contributed by atoms with Gasteiger partial charge in [-0.3, -0.25) is 14.7 Å². The minimum atomic E-state index is -0.812. The van der Waals surface area contributed by atoms with Crippen molar-refractivity contribution in [2.75, 3.05) is 13.1 Å². The van der Waals surface area contributed by atoms with Gasteiger partial charge in [0.1, 0.15) is 11.9 Å². The smallest absolute Gasteiger partial charge is 0.304 e. The highest BCUT2D eigenvalue weighted by Gasteiger charge is 2.40. The van der Waals surface area contributed by atoms with Crippen molar-refractivity contribution < 1.29 is 9.90 Å².